The predicted molar refractivity (Wildman–Crippen MR) is 37.7 cm³/mol. The summed E-state index contributed by atoms with van der Waals surface area (Å²) >= 11 is 3.70. The van der Waals surface area contributed by atoms with Crippen molar-refractivity contribution in [3.8, 4) is 0 Å². The highest BCUT2D eigenvalue weighted by Crippen LogP contribution is 2.18. The van der Waals surface area contributed by atoms with Crippen molar-refractivity contribution in [3.05, 3.63) is 0 Å². The van der Waals surface area contributed by atoms with Crippen molar-refractivity contribution in [1.82, 2.24) is 0 Å². The minimum Gasteiger partial charge on any atom is -0.548 e. The van der Waals surface area contributed by atoms with Crippen molar-refractivity contribution in [2.24, 2.45) is 0 Å². The second-order valence-corrected chi connectivity index (χ2v) is 2.82. The Bertz CT molecular complexity index is 150. The van der Waals surface area contributed by atoms with Gasteiger partial charge in [-0.2, -0.15) is 12.6 Å². The molecule has 3 nitrogen and oxygen atoms in total. The van der Waals surface area contributed by atoms with Crippen molar-refractivity contribution < 1.29 is 14.7 Å². The molecule has 0 heterocycles. The number of carbonyl (C=O) groups excluding carboxylic acids is 2. The molecule has 0 saturated heterocycles. The van der Waals surface area contributed by atoms with Gasteiger partial charge < -0.3 is 9.90 Å². The summed E-state index contributed by atoms with van der Waals surface area (Å²) < 4.78 is -1.60. The van der Waals surface area contributed by atoms with E-state index in [0.717, 1.165) is 0 Å². The Balaban J connectivity index is 4.55. The first-order valence-electron chi connectivity index (χ1n) is 2.90. The predicted octanol–water partition coefficient (Wildman–Crippen LogP) is -0.596. The van der Waals surface area contributed by atoms with Crippen LogP contribution in [0, 0.1) is 0 Å². The van der Waals surface area contributed by atoms with Crippen LogP contribution in [0.2, 0.25) is 0 Å². The molecule has 1 unspecified atom stereocenters. The fraction of sp³-hybridized carbons (Fsp3) is 0.667. The maximum Gasteiger partial charge on any atom is 0.151 e. The summed E-state index contributed by atoms with van der Waals surface area (Å²) in [5.41, 5.74) is 0. The van der Waals surface area contributed by atoms with E-state index in [0.29, 0.717) is 0 Å². The Morgan fingerprint density at radius 2 is 2.00 bits per heavy atom. The van der Waals surface area contributed by atoms with Crippen LogP contribution in [-0.2, 0) is 9.59 Å². The van der Waals surface area contributed by atoms with Crippen molar-refractivity contribution >= 4 is 24.4 Å². The lowest BCUT2D eigenvalue weighted by Crippen LogP contribution is -2.48. The Kier molecular flexibility index (Phi) is 2.90. The zero-order chi connectivity index (χ0) is 8.36. The molecule has 10 heavy (non-hydrogen) atoms. The van der Waals surface area contributed by atoms with Crippen molar-refractivity contribution in [2.75, 3.05) is 0 Å². The average Bonchev–Trinajstić information content (AvgIpc) is 1.85. The lowest BCUT2D eigenvalue weighted by molar-refractivity contribution is -0.307. The van der Waals surface area contributed by atoms with Gasteiger partial charge in [0.05, 0.1) is 5.97 Å². The van der Waals surface area contributed by atoms with Crippen molar-refractivity contribution in [2.45, 2.75) is 25.0 Å². The standard InChI is InChI=1S/C6H10O3S/c1-3-6(10,4(2)7)5(8)9/h10H,3H2,1-2H3,(H,8,9)/p-1. The number of Topliss-reactive ketones (excluding diaryl/α,β-unsaturated/α-hetero) is 1. The number of carboxylic acids is 1. The van der Waals surface area contributed by atoms with Crippen LogP contribution in [0.3, 0.4) is 0 Å². The van der Waals surface area contributed by atoms with Crippen LogP contribution in [0.1, 0.15) is 20.3 Å². The molecule has 0 aromatic carbocycles. The molecule has 0 saturated carbocycles. The van der Waals surface area contributed by atoms with Crippen LogP contribution in [0.5, 0.6) is 0 Å². The number of ketones is 1. The zero-order valence-electron chi connectivity index (χ0n) is 5.88. The maximum atomic E-state index is 10.6. The van der Waals surface area contributed by atoms with Crippen LogP contribution >= 0.6 is 12.6 Å². The van der Waals surface area contributed by atoms with Gasteiger partial charge in [0.15, 0.2) is 5.78 Å². The number of rotatable bonds is 3. The summed E-state index contributed by atoms with van der Waals surface area (Å²) in [6, 6.07) is 0. The molecule has 0 aromatic rings. The summed E-state index contributed by atoms with van der Waals surface area (Å²) in [6.45, 7) is 2.76. The van der Waals surface area contributed by atoms with Crippen LogP contribution < -0.4 is 5.11 Å². The highest BCUT2D eigenvalue weighted by molar-refractivity contribution is 7.83. The van der Waals surface area contributed by atoms with Crippen molar-refractivity contribution in [3.63, 3.8) is 0 Å². The molecule has 0 rings (SSSR count). The normalized spacial score (nSPS) is 15.9. The fourth-order valence-corrected chi connectivity index (χ4v) is 0.537. The molecule has 0 aliphatic carbocycles. The number of thiol groups is 1. The molecular weight excluding hydrogens is 152 g/mol. The SMILES string of the molecule is CCC(S)(C(C)=O)C(=O)[O-]. The van der Waals surface area contributed by atoms with E-state index in [9.17, 15) is 14.7 Å². The van der Waals surface area contributed by atoms with E-state index in [-0.39, 0.29) is 6.42 Å². The average molecular weight is 161 g/mol. The first-order valence-corrected chi connectivity index (χ1v) is 3.34. The number of hydrogen-bond acceptors (Lipinski definition) is 4. The van der Waals surface area contributed by atoms with Crippen LogP contribution in [0.4, 0.5) is 0 Å². The Morgan fingerprint density at radius 1 is 1.60 bits per heavy atom. The third-order valence-corrected chi connectivity index (χ3v) is 2.25. The van der Waals surface area contributed by atoms with E-state index in [1.54, 1.807) is 6.92 Å². The minimum absolute atomic E-state index is 0.147. The second kappa shape index (κ2) is 3.05. The van der Waals surface area contributed by atoms with E-state index in [4.69, 9.17) is 0 Å². The molecular formula is C6H9O3S-. The third kappa shape index (κ3) is 1.50. The van der Waals surface area contributed by atoms with Gasteiger partial charge in [0.2, 0.25) is 0 Å². The first kappa shape index (κ1) is 9.49. The minimum atomic E-state index is -1.60. The molecule has 58 valence electrons. The lowest BCUT2D eigenvalue weighted by atomic mass is 10.0. The number of aliphatic carboxylic acids is 1. The highest BCUT2D eigenvalue weighted by atomic mass is 32.1. The Labute approximate surface area is 64.8 Å². The summed E-state index contributed by atoms with van der Waals surface area (Å²) in [5, 5.41) is 10.3. The molecule has 4 heteroatoms. The summed E-state index contributed by atoms with van der Waals surface area (Å²) in [7, 11) is 0. The van der Waals surface area contributed by atoms with Crippen LogP contribution in [-0.4, -0.2) is 16.5 Å². The van der Waals surface area contributed by atoms with E-state index < -0.39 is 16.5 Å². The molecule has 0 aliphatic heterocycles. The number of carbonyl (C=O) groups is 2. The summed E-state index contributed by atoms with van der Waals surface area (Å²) in [4.78, 5) is 20.9. The topological polar surface area (TPSA) is 57.2 Å². The smallest absolute Gasteiger partial charge is 0.151 e. The number of hydrogen-bond donors (Lipinski definition) is 1. The number of carboxylic acid groups (broad SMARTS) is 1. The molecule has 0 radical (unpaired) electrons. The van der Waals surface area contributed by atoms with Gasteiger partial charge in [-0.3, -0.25) is 4.79 Å². The van der Waals surface area contributed by atoms with Crippen LogP contribution in [0.15, 0.2) is 0 Å². The monoisotopic (exact) mass is 161 g/mol. The molecule has 1 atom stereocenters. The second-order valence-electron chi connectivity index (χ2n) is 2.06. The van der Waals surface area contributed by atoms with Crippen molar-refractivity contribution in [1.29, 1.82) is 0 Å². The molecule has 0 spiro atoms. The molecule has 0 bridgehead atoms. The Morgan fingerprint density at radius 3 is 2.00 bits per heavy atom. The van der Waals surface area contributed by atoms with Gasteiger partial charge in [0.1, 0.15) is 4.75 Å². The van der Waals surface area contributed by atoms with Gasteiger partial charge >= 0.3 is 0 Å². The van der Waals surface area contributed by atoms with E-state index in [1.807, 2.05) is 0 Å². The van der Waals surface area contributed by atoms with Gasteiger partial charge in [-0.05, 0) is 13.3 Å². The molecule has 0 N–H and O–H groups in total. The quantitative estimate of drug-likeness (QED) is 0.444. The highest BCUT2D eigenvalue weighted by Gasteiger charge is 2.30. The van der Waals surface area contributed by atoms with Gasteiger partial charge in [-0.25, -0.2) is 0 Å². The summed E-state index contributed by atoms with van der Waals surface area (Å²) in [6.07, 6.45) is 0.147. The zero-order valence-corrected chi connectivity index (χ0v) is 6.77. The fourth-order valence-electron chi connectivity index (χ4n) is 0.537. The van der Waals surface area contributed by atoms with E-state index >= 15 is 0 Å². The van der Waals surface area contributed by atoms with Gasteiger partial charge in [0.25, 0.3) is 0 Å². The van der Waals surface area contributed by atoms with E-state index in [2.05, 4.69) is 12.6 Å². The van der Waals surface area contributed by atoms with Gasteiger partial charge in [-0.1, -0.05) is 6.92 Å². The summed E-state index contributed by atoms with van der Waals surface area (Å²) in [5.74, 6) is -1.91. The van der Waals surface area contributed by atoms with Gasteiger partial charge in [-0.15, -0.1) is 0 Å². The Hall–Kier alpha value is -0.510. The third-order valence-electron chi connectivity index (χ3n) is 1.43. The molecule has 0 fully saturated rings. The molecule has 0 aliphatic rings. The maximum absolute atomic E-state index is 10.6. The van der Waals surface area contributed by atoms with Crippen LogP contribution in [0.25, 0.3) is 0 Å². The molecule has 0 aromatic heterocycles. The van der Waals surface area contributed by atoms with Gasteiger partial charge in [0, 0.05) is 0 Å². The van der Waals surface area contributed by atoms with E-state index in [1.165, 1.54) is 6.92 Å². The lowest BCUT2D eigenvalue weighted by Gasteiger charge is -2.24. The first-order chi connectivity index (χ1) is 4.45. The molecule has 0 amide bonds. The largest absolute Gasteiger partial charge is 0.548 e.